The van der Waals surface area contributed by atoms with Crippen LogP contribution in [0.2, 0.25) is 0 Å². The first kappa shape index (κ1) is 40.5. The van der Waals surface area contributed by atoms with Crippen LogP contribution in [0, 0.1) is 23.7 Å². The Bertz CT molecular complexity index is 1280. The lowest BCUT2D eigenvalue weighted by Crippen LogP contribution is -2.58. The first-order chi connectivity index (χ1) is 22.7. The Kier molecular flexibility index (Phi) is 16.9. The monoisotopic (exact) mass is 667 g/mol. The fourth-order valence-electron chi connectivity index (χ4n) is 4.44. The molecule has 0 bridgehead atoms. The predicted octanol–water partition coefficient (Wildman–Crippen LogP) is 5.35. The maximum absolute atomic E-state index is 13.6. The molecule has 264 valence electrons. The van der Waals surface area contributed by atoms with Crippen LogP contribution >= 0.6 is 0 Å². The van der Waals surface area contributed by atoms with Crippen LogP contribution in [0.4, 0.5) is 0 Å². The van der Waals surface area contributed by atoms with Crippen LogP contribution < -0.4 is 5.32 Å². The number of ketones is 4. The second kappa shape index (κ2) is 20.0. The van der Waals surface area contributed by atoms with Gasteiger partial charge in [0.1, 0.15) is 22.9 Å². The fourth-order valence-corrected chi connectivity index (χ4v) is 4.44. The highest BCUT2D eigenvalue weighted by molar-refractivity contribution is 5.97. The van der Waals surface area contributed by atoms with Crippen molar-refractivity contribution in [1.82, 2.24) is 15.3 Å². The molecule has 11 heteroatoms. The number of ether oxygens (including phenoxy) is 3. The molecule has 0 saturated heterocycles. The van der Waals surface area contributed by atoms with Gasteiger partial charge in [0.05, 0.1) is 56.6 Å². The Morgan fingerprint density at radius 2 is 0.958 bits per heavy atom. The average Bonchev–Trinajstić information content (AvgIpc) is 3.06. The van der Waals surface area contributed by atoms with Crippen LogP contribution in [-0.4, -0.2) is 84.2 Å². The summed E-state index contributed by atoms with van der Waals surface area (Å²) in [6.07, 6.45) is 3.58. The highest BCUT2D eigenvalue weighted by atomic mass is 16.5. The van der Waals surface area contributed by atoms with E-state index in [4.69, 9.17) is 14.2 Å². The van der Waals surface area contributed by atoms with Gasteiger partial charge in [-0.15, -0.1) is 0 Å². The van der Waals surface area contributed by atoms with E-state index in [-0.39, 0.29) is 111 Å². The molecule has 48 heavy (non-hydrogen) atoms. The minimum atomic E-state index is -1.21. The second-order valence-corrected chi connectivity index (χ2v) is 13.4. The molecule has 11 nitrogen and oxygen atoms in total. The predicted molar refractivity (Wildman–Crippen MR) is 183 cm³/mol. The number of hydrogen-bond acceptors (Lipinski definition) is 10. The quantitative estimate of drug-likeness (QED) is 0.121. The van der Waals surface area contributed by atoms with Crippen molar-refractivity contribution in [2.75, 3.05) is 39.6 Å². The molecule has 0 aliphatic heterocycles. The highest BCUT2D eigenvalue weighted by Crippen LogP contribution is 2.18. The number of hydrogen-bond donors (Lipinski definition) is 1. The smallest absolute Gasteiger partial charge is 0.253 e. The van der Waals surface area contributed by atoms with Crippen molar-refractivity contribution < 1.29 is 38.2 Å². The Labute approximate surface area is 284 Å². The average molecular weight is 668 g/mol. The van der Waals surface area contributed by atoms with Gasteiger partial charge in [-0.05, 0) is 24.3 Å². The van der Waals surface area contributed by atoms with E-state index in [0.717, 1.165) is 0 Å². The van der Waals surface area contributed by atoms with Crippen molar-refractivity contribution in [2.45, 2.75) is 80.2 Å². The molecule has 0 radical (unpaired) electrons. The van der Waals surface area contributed by atoms with Gasteiger partial charge in [0.2, 0.25) is 0 Å². The van der Waals surface area contributed by atoms with E-state index >= 15 is 0 Å². The number of Topliss-reactive ketones (excluding diaryl/α,β-unsaturated/α-hetero) is 4. The molecule has 0 aromatic carbocycles. The van der Waals surface area contributed by atoms with Gasteiger partial charge in [-0.2, -0.15) is 0 Å². The maximum Gasteiger partial charge on any atom is 0.253 e. The van der Waals surface area contributed by atoms with Crippen molar-refractivity contribution in [3.63, 3.8) is 0 Å². The Morgan fingerprint density at radius 1 is 0.583 bits per heavy atom. The van der Waals surface area contributed by atoms with Crippen molar-refractivity contribution >= 4 is 29.0 Å². The van der Waals surface area contributed by atoms with Crippen LogP contribution in [-0.2, 0) is 28.6 Å². The molecule has 0 aliphatic rings. The standard InChI is InChI=1S/C37H53N3O8/c1-24(2)32(41)13-16-46-21-37(22-47-17-14-33(42)25(3)4,23-48-18-15-34(43)26(5)6)40-36(45)29-10-12-31(39-20-29)30-11-9-28(19-38-30)35(44)27(7)8/h9-12,19-20,24-27H,13-18,21-23H2,1-8H3,(H,40,45). The van der Waals surface area contributed by atoms with Gasteiger partial charge in [0, 0.05) is 60.9 Å². The van der Waals surface area contributed by atoms with Crippen LogP contribution in [0.3, 0.4) is 0 Å². The lowest BCUT2D eigenvalue weighted by Gasteiger charge is -2.34. The maximum atomic E-state index is 13.6. The molecule has 0 spiro atoms. The van der Waals surface area contributed by atoms with Gasteiger partial charge in [-0.3, -0.25) is 33.9 Å². The molecule has 1 amide bonds. The zero-order chi connectivity index (χ0) is 35.9. The number of aromatic nitrogens is 2. The van der Waals surface area contributed by atoms with Crippen LogP contribution in [0.1, 0.15) is 95.4 Å². The van der Waals surface area contributed by atoms with E-state index in [1.54, 1.807) is 24.3 Å². The largest absolute Gasteiger partial charge is 0.378 e. The normalized spacial score (nSPS) is 11.8. The number of rotatable bonds is 23. The van der Waals surface area contributed by atoms with Gasteiger partial charge in [0.25, 0.3) is 5.91 Å². The molecule has 2 heterocycles. The lowest BCUT2D eigenvalue weighted by molar-refractivity contribution is -0.123. The SMILES string of the molecule is CC(C)C(=O)CCOCC(COCCC(=O)C(C)C)(COCCC(=O)C(C)C)NC(=O)c1ccc(-c2ccc(C(=O)C(C)C)cn2)nc1. The van der Waals surface area contributed by atoms with Crippen molar-refractivity contribution in [3.8, 4) is 11.4 Å². The summed E-state index contributed by atoms with van der Waals surface area (Å²) >= 11 is 0. The van der Waals surface area contributed by atoms with E-state index in [9.17, 15) is 24.0 Å². The summed E-state index contributed by atoms with van der Waals surface area (Å²) in [6, 6.07) is 6.70. The van der Waals surface area contributed by atoms with E-state index in [2.05, 4.69) is 15.3 Å². The molecule has 0 aliphatic carbocycles. The molecule has 2 aromatic rings. The highest BCUT2D eigenvalue weighted by Gasteiger charge is 2.34. The molecule has 0 unspecified atom stereocenters. The van der Waals surface area contributed by atoms with Gasteiger partial charge in [-0.25, -0.2) is 0 Å². The lowest BCUT2D eigenvalue weighted by atomic mass is 10.0. The first-order valence-corrected chi connectivity index (χ1v) is 16.8. The van der Waals surface area contributed by atoms with Crippen molar-refractivity contribution in [3.05, 3.63) is 47.8 Å². The van der Waals surface area contributed by atoms with Gasteiger partial charge >= 0.3 is 0 Å². The third-order valence-corrected chi connectivity index (χ3v) is 7.78. The molecular weight excluding hydrogens is 614 g/mol. The van der Waals surface area contributed by atoms with Gasteiger partial charge in [-0.1, -0.05) is 55.4 Å². The van der Waals surface area contributed by atoms with E-state index < -0.39 is 11.4 Å². The molecular formula is C37H53N3O8. The minimum Gasteiger partial charge on any atom is -0.378 e. The molecule has 0 atom stereocenters. The van der Waals surface area contributed by atoms with Crippen molar-refractivity contribution in [2.24, 2.45) is 23.7 Å². The summed E-state index contributed by atoms with van der Waals surface area (Å²) in [6.45, 7) is 14.9. The van der Waals surface area contributed by atoms with E-state index in [1.165, 1.54) is 12.4 Å². The zero-order valence-corrected chi connectivity index (χ0v) is 29.8. The van der Waals surface area contributed by atoms with Crippen LogP contribution in [0.5, 0.6) is 0 Å². The summed E-state index contributed by atoms with van der Waals surface area (Å²) in [5, 5.41) is 3.01. The number of nitrogens with zero attached hydrogens (tertiary/aromatic N) is 2. The van der Waals surface area contributed by atoms with E-state index in [0.29, 0.717) is 17.0 Å². The first-order valence-electron chi connectivity index (χ1n) is 16.8. The van der Waals surface area contributed by atoms with Crippen molar-refractivity contribution in [1.29, 1.82) is 0 Å². The Balaban J connectivity index is 2.28. The molecule has 1 N–H and O–H groups in total. The summed E-state index contributed by atoms with van der Waals surface area (Å²) < 4.78 is 17.8. The number of carbonyl (C=O) groups is 5. The Hall–Kier alpha value is -3.67. The minimum absolute atomic E-state index is 0.000913. The fraction of sp³-hybridized carbons (Fsp3) is 0.595. The number of carbonyl (C=O) groups excluding carboxylic acids is 5. The summed E-state index contributed by atoms with van der Waals surface area (Å²) in [5.41, 5.74) is 0.641. The third-order valence-electron chi connectivity index (χ3n) is 7.78. The topological polar surface area (TPSA) is 151 Å². The zero-order valence-electron chi connectivity index (χ0n) is 29.8. The van der Waals surface area contributed by atoms with Gasteiger partial charge in [0.15, 0.2) is 5.78 Å². The number of pyridine rings is 2. The Morgan fingerprint density at radius 3 is 1.27 bits per heavy atom. The molecule has 0 saturated carbocycles. The summed E-state index contributed by atoms with van der Waals surface area (Å²) in [5.74, 6) is -0.845. The summed E-state index contributed by atoms with van der Waals surface area (Å²) in [7, 11) is 0. The molecule has 2 aromatic heterocycles. The molecule has 2 rings (SSSR count). The third kappa shape index (κ3) is 13.4. The second-order valence-electron chi connectivity index (χ2n) is 13.4. The van der Waals surface area contributed by atoms with Crippen LogP contribution in [0.25, 0.3) is 11.4 Å². The molecule has 0 fully saturated rings. The van der Waals surface area contributed by atoms with E-state index in [1.807, 2.05) is 55.4 Å². The summed E-state index contributed by atoms with van der Waals surface area (Å²) in [4.78, 5) is 71.3. The van der Waals surface area contributed by atoms with Gasteiger partial charge < -0.3 is 19.5 Å². The number of amides is 1. The number of nitrogens with one attached hydrogen (secondary N) is 1. The van der Waals surface area contributed by atoms with Crippen LogP contribution in [0.15, 0.2) is 36.7 Å².